The van der Waals surface area contributed by atoms with Crippen LogP contribution in [0.1, 0.15) is 13.8 Å². The summed E-state index contributed by atoms with van der Waals surface area (Å²) in [6.45, 7) is 3.11. The van der Waals surface area contributed by atoms with E-state index < -0.39 is 23.8 Å². The average Bonchev–Trinajstić information content (AvgIpc) is 2.48. The van der Waals surface area contributed by atoms with E-state index in [1.54, 1.807) is 6.92 Å². The predicted molar refractivity (Wildman–Crippen MR) is 79.2 cm³/mol. The summed E-state index contributed by atoms with van der Waals surface area (Å²) in [5.74, 6) is -3.25. The second-order valence-electron chi connectivity index (χ2n) is 3.91. The van der Waals surface area contributed by atoms with E-state index in [2.05, 4.69) is 4.74 Å². The summed E-state index contributed by atoms with van der Waals surface area (Å²) in [4.78, 5) is 35.3. The minimum Gasteiger partial charge on any atom is -0.470 e. The second-order valence-corrected chi connectivity index (χ2v) is 4.72. The molecule has 0 N–H and O–H groups in total. The smallest absolute Gasteiger partial charge is 0.379 e. The summed E-state index contributed by atoms with van der Waals surface area (Å²) in [6.07, 6.45) is -1.77. The highest BCUT2D eigenvalue weighted by atomic mass is 35.5. The molecule has 1 rings (SSSR count). The van der Waals surface area contributed by atoms with Crippen LogP contribution in [0, 0.1) is 0 Å². The van der Waals surface area contributed by atoms with Crippen LogP contribution in [0.25, 0.3) is 0 Å². The third kappa shape index (κ3) is 4.89. The molecule has 1 aromatic carbocycles. The van der Waals surface area contributed by atoms with Crippen LogP contribution in [0.5, 0.6) is 5.75 Å². The molecule has 1 aromatic rings. The first kappa shape index (κ1) is 18.3. The van der Waals surface area contributed by atoms with Gasteiger partial charge in [-0.1, -0.05) is 23.2 Å². The molecule has 0 saturated carbocycles. The molecule has 0 aliphatic rings. The fourth-order valence-electron chi connectivity index (χ4n) is 1.42. The highest BCUT2D eigenvalue weighted by molar-refractivity contribution is 6.42. The van der Waals surface area contributed by atoms with Crippen LogP contribution in [-0.4, -0.2) is 37.0 Å². The molecule has 6 nitrogen and oxygen atoms in total. The van der Waals surface area contributed by atoms with Gasteiger partial charge >= 0.3 is 11.9 Å². The lowest BCUT2D eigenvalue weighted by Gasteiger charge is -2.16. The molecule has 0 aliphatic heterocycles. The largest absolute Gasteiger partial charge is 0.470 e. The number of benzene rings is 1. The molecule has 120 valence electrons. The van der Waals surface area contributed by atoms with Gasteiger partial charge in [0.25, 0.3) is 11.9 Å². The zero-order valence-electron chi connectivity index (χ0n) is 11.9. The van der Waals surface area contributed by atoms with Crippen LogP contribution in [0.4, 0.5) is 0 Å². The summed E-state index contributed by atoms with van der Waals surface area (Å²) < 4.78 is 14.5. The molecule has 0 radical (unpaired) electrons. The summed E-state index contributed by atoms with van der Waals surface area (Å²) in [5, 5.41) is 0.448. The minimum absolute atomic E-state index is 0.00705. The Morgan fingerprint density at radius 1 is 1.05 bits per heavy atom. The van der Waals surface area contributed by atoms with Crippen molar-refractivity contribution >= 4 is 40.9 Å². The van der Waals surface area contributed by atoms with Crippen molar-refractivity contribution in [1.29, 1.82) is 0 Å². The number of Topliss-reactive ketones (excluding diaryl/α,β-unsaturated/α-hetero) is 1. The van der Waals surface area contributed by atoms with E-state index >= 15 is 0 Å². The Morgan fingerprint density at radius 3 is 2.23 bits per heavy atom. The van der Waals surface area contributed by atoms with E-state index in [1.165, 1.54) is 25.1 Å². The summed E-state index contributed by atoms with van der Waals surface area (Å²) in [5.41, 5.74) is 0. The Morgan fingerprint density at radius 2 is 1.68 bits per heavy atom. The normalized spacial score (nSPS) is 11.5. The number of hydrogen-bond donors (Lipinski definition) is 0. The minimum atomic E-state index is -1.77. The first-order valence-electron chi connectivity index (χ1n) is 6.40. The van der Waals surface area contributed by atoms with E-state index in [4.69, 9.17) is 32.7 Å². The average molecular weight is 349 g/mol. The fourth-order valence-corrected chi connectivity index (χ4v) is 1.71. The molecule has 0 aromatic heterocycles. The van der Waals surface area contributed by atoms with E-state index in [0.717, 1.165) is 0 Å². The molecule has 0 heterocycles. The van der Waals surface area contributed by atoms with Gasteiger partial charge in [0.1, 0.15) is 5.75 Å². The number of halogens is 2. The van der Waals surface area contributed by atoms with Crippen LogP contribution in [-0.2, 0) is 23.9 Å². The molecular weight excluding hydrogens is 335 g/mol. The molecule has 0 fully saturated rings. The first-order valence-corrected chi connectivity index (χ1v) is 7.15. The SMILES string of the molecule is CCOC(=O)C(=O)C(Oc1ccc(Cl)c(Cl)c1)C(=O)OCC. The quantitative estimate of drug-likeness (QED) is 0.427. The summed E-state index contributed by atoms with van der Waals surface area (Å²) >= 11 is 11.6. The molecule has 0 bridgehead atoms. The number of hydrogen-bond acceptors (Lipinski definition) is 6. The molecule has 1 atom stereocenters. The van der Waals surface area contributed by atoms with Gasteiger partial charge in [0, 0.05) is 6.07 Å². The molecule has 0 aliphatic carbocycles. The van der Waals surface area contributed by atoms with Crippen LogP contribution in [0.15, 0.2) is 18.2 Å². The Balaban J connectivity index is 2.99. The number of esters is 2. The Labute approximate surface area is 137 Å². The van der Waals surface area contributed by atoms with E-state index in [-0.39, 0.29) is 29.0 Å². The topological polar surface area (TPSA) is 78.9 Å². The second kappa shape index (κ2) is 8.60. The zero-order valence-corrected chi connectivity index (χ0v) is 13.4. The van der Waals surface area contributed by atoms with Crippen molar-refractivity contribution in [3.63, 3.8) is 0 Å². The number of carbonyl (C=O) groups is 3. The molecule has 0 spiro atoms. The Hall–Kier alpha value is -1.79. The number of carbonyl (C=O) groups excluding carboxylic acids is 3. The van der Waals surface area contributed by atoms with Gasteiger partial charge in [0.15, 0.2) is 0 Å². The van der Waals surface area contributed by atoms with Crippen LogP contribution < -0.4 is 4.74 Å². The van der Waals surface area contributed by atoms with Gasteiger partial charge < -0.3 is 14.2 Å². The molecule has 22 heavy (non-hydrogen) atoms. The van der Waals surface area contributed by atoms with E-state index in [1.807, 2.05) is 0 Å². The van der Waals surface area contributed by atoms with Crippen molar-refractivity contribution in [1.82, 2.24) is 0 Å². The maximum Gasteiger partial charge on any atom is 0.379 e. The van der Waals surface area contributed by atoms with Gasteiger partial charge in [-0.3, -0.25) is 4.79 Å². The van der Waals surface area contributed by atoms with Crippen molar-refractivity contribution in [3.05, 3.63) is 28.2 Å². The highest BCUT2D eigenvalue weighted by Crippen LogP contribution is 2.27. The number of ketones is 1. The van der Waals surface area contributed by atoms with Crippen molar-refractivity contribution in [2.45, 2.75) is 20.0 Å². The van der Waals surface area contributed by atoms with Gasteiger partial charge in [-0.25, -0.2) is 9.59 Å². The lowest BCUT2D eigenvalue weighted by atomic mass is 10.2. The first-order chi connectivity index (χ1) is 10.4. The van der Waals surface area contributed by atoms with Crippen molar-refractivity contribution in [2.75, 3.05) is 13.2 Å². The molecular formula is C14H14Cl2O6. The van der Waals surface area contributed by atoms with Crippen LogP contribution in [0.2, 0.25) is 10.0 Å². The lowest BCUT2D eigenvalue weighted by molar-refractivity contribution is -0.164. The van der Waals surface area contributed by atoms with Gasteiger partial charge in [-0.05, 0) is 26.0 Å². The van der Waals surface area contributed by atoms with E-state index in [0.29, 0.717) is 0 Å². The van der Waals surface area contributed by atoms with Crippen LogP contribution in [0.3, 0.4) is 0 Å². The van der Waals surface area contributed by atoms with Crippen molar-refractivity contribution < 1.29 is 28.6 Å². The molecule has 1 unspecified atom stereocenters. The molecule has 8 heteroatoms. The zero-order chi connectivity index (χ0) is 16.7. The van der Waals surface area contributed by atoms with Crippen LogP contribution >= 0.6 is 23.2 Å². The molecule has 0 saturated heterocycles. The fraction of sp³-hybridized carbons (Fsp3) is 0.357. The summed E-state index contributed by atoms with van der Waals surface area (Å²) in [6, 6.07) is 4.14. The predicted octanol–water partition coefficient (Wildman–Crippen LogP) is 2.44. The summed E-state index contributed by atoms with van der Waals surface area (Å²) in [7, 11) is 0. The lowest BCUT2D eigenvalue weighted by Crippen LogP contribution is -2.42. The maximum atomic E-state index is 11.9. The van der Waals surface area contributed by atoms with E-state index in [9.17, 15) is 14.4 Å². The Kier molecular flexibility index (Phi) is 7.14. The Bertz CT molecular complexity index is 572. The highest BCUT2D eigenvalue weighted by Gasteiger charge is 2.36. The van der Waals surface area contributed by atoms with Crippen molar-refractivity contribution in [3.8, 4) is 5.75 Å². The third-order valence-electron chi connectivity index (χ3n) is 2.36. The van der Waals surface area contributed by atoms with Crippen molar-refractivity contribution in [2.24, 2.45) is 0 Å². The van der Waals surface area contributed by atoms with Gasteiger partial charge in [0.05, 0.1) is 23.3 Å². The van der Waals surface area contributed by atoms with Gasteiger partial charge in [0.2, 0.25) is 0 Å². The van der Waals surface area contributed by atoms with Gasteiger partial charge in [-0.2, -0.15) is 0 Å². The van der Waals surface area contributed by atoms with Gasteiger partial charge in [-0.15, -0.1) is 0 Å². The number of ether oxygens (including phenoxy) is 3. The standard InChI is InChI=1S/C14H14Cl2O6/c1-3-20-13(18)11(17)12(14(19)21-4-2)22-8-5-6-9(15)10(16)7-8/h5-7,12H,3-4H2,1-2H3. The maximum absolute atomic E-state index is 11.9. The molecule has 0 amide bonds. The third-order valence-corrected chi connectivity index (χ3v) is 3.10. The monoisotopic (exact) mass is 348 g/mol. The number of rotatable bonds is 7.